The third-order valence-electron chi connectivity index (χ3n) is 3.90. The summed E-state index contributed by atoms with van der Waals surface area (Å²) in [6, 6.07) is 9.92. The summed E-state index contributed by atoms with van der Waals surface area (Å²) in [7, 11) is 1.31. The highest BCUT2D eigenvalue weighted by Gasteiger charge is 2.25. The molecule has 0 aliphatic carbocycles. The van der Waals surface area contributed by atoms with E-state index >= 15 is 0 Å². The molecule has 0 saturated heterocycles. The molecule has 0 spiro atoms. The Bertz CT molecular complexity index is 935. The minimum absolute atomic E-state index is 0.267. The lowest BCUT2D eigenvalue weighted by Gasteiger charge is -2.20. The van der Waals surface area contributed by atoms with Gasteiger partial charge in [0.15, 0.2) is 0 Å². The molecule has 2 aromatic heterocycles. The Balaban J connectivity index is 2.38. The number of methoxy groups -OCH3 is 1. The van der Waals surface area contributed by atoms with Crippen LogP contribution in [0.2, 0.25) is 0 Å². The number of carbonyl (C=O) groups is 1. The van der Waals surface area contributed by atoms with E-state index in [2.05, 4.69) is 9.97 Å². The molecule has 6 heteroatoms. The van der Waals surface area contributed by atoms with Gasteiger partial charge in [-0.3, -0.25) is 14.3 Å². The van der Waals surface area contributed by atoms with Crippen molar-refractivity contribution in [3.63, 3.8) is 0 Å². The van der Waals surface area contributed by atoms with Crippen LogP contribution in [0.3, 0.4) is 0 Å². The maximum Gasteiger partial charge on any atom is 0.329 e. The van der Waals surface area contributed by atoms with Gasteiger partial charge in [-0.05, 0) is 30.7 Å². The van der Waals surface area contributed by atoms with Crippen molar-refractivity contribution in [1.82, 2.24) is 14.5 Å². The molecule has 0 aliphatic rings. The van der Waals surface area contributed by atoms with E-state index in [4.69, 9.17) is 4.74 Å². The number of hydrogen-bond acceptors (Lipinski definition) is 5. The molecule has 6 nitrogen and oxygen atoms in total. The molecule has 0 saturated carbocycles. The minimum Gasteiger partial charge on any atom is -0.467 e. The van der Waals surface area contributed by atoms with E-state index in [-0.39, 0.29) is 5.56 Å². The zero-order chi connectivity index (χ0) is 17.1. The Morgan fingerprint density at radius 3 is 2.71 bits per heavy atom. The van der Waals surface area contributed by atoms with Crippen LogP contribution in [0.4, 0.5) is 0 Å². The molecule has 1 unspecified atom stereocenters. The number of ether oxygens (including phenoxy) is 1. The number of para-hydroxylation sites is 1. The standard InChI is InChI=1S/C18H17N3O3/c1-3-15(18(23)24-2)21-16(12-7-6-10-19-11-12)20-14-9-5-4-8-13(14)17(21)22/h4-11,15H,3H2,1-2H3. The van der Waals surface area contributed by atoms with Crippen LogP contribution in [0, 0.1) is 0 Å². The third-order valence-corrected chi connectivity index (χ3v) is 3.90. The van der Waals surface area contributed by atoms with Gasteiger partial charge in [0.05, 0.1) is 18.0 Å². The summed E-state index contributed by atoms with van der Waals surface area (Å²) in [6.07, 6.45) is 3.68. The third kappa shape index (κ3) is 2.67. The fourth-order valence-electron chi connectivity index (χ4n) is 2.72. The predicted molar refractivity (Wildman–Crippen MR) is 90.6 cm³/mol. The molecule has 24 heavy (non-hydrogen) atoms. The van der Waals surface area contributed by atoms with Crippen LogP contribution in [0.5, 0.6) is 0 Å². The number of hydrogen-bond donors (Lipinski definition) is 0. The Morgan fingerprint density at radius 2 is 2.04 bits per heavy atom. The van der Waals surface area contributed by atoms with Crippen molar-refractivity contribution in [3.8, 4) is 11.4 Å². The summed E-state index contributed by atoms with van der Waals surface area (Å²) in [4.78, 5) is 33.9. The van der Waals surface area contributed by atoms with Gasteiger partial charge in [0.25, 0.3) is 5.56 Å². The van der Waals surface area contributed by atoms with Crippen LogP contribution in [0.25, 0.3) is 22.3 Å². The van der Waals surface area contributed by atoms with Crippen LogP contribution >= 0.6 is 0 Å². The number of esters is 1. The monoisotopic (exact) mass is 323 g/mol. The molecule has 0 radical (unpaired) electrons. The van der Waals surface area contributed by atoms with Gasteiger partial charge in [0.1, 0.15) is 11.9 Å². The first-order valence-corrected chi connectivity index (χ1v) is 7.67. The van der Waals surface area contributed by atoms with Gasteiger partial charge in [-0.1, -0.05) is 19.1 Å². The molecule has 2 heterocycles. The van der Waals surface area contributed by atoms with Gasteiger partial charge < -0.3 is 4.74 Å². The molecule has 0 fully saturated rings. The average molecular weight is 323 g/mol. The second-order valence-electron chi connectivity index (χ2n) is 5.32. The van der Waals surface area contributed by atoms with Crippen LogP contribution < -0.4 is 5.56 Å². The topological polar surface area (TPSA) is 74.1 Å². The lowest BCUT2D eigenvalue weighted by atomic mass is 10.1. The van der Waals surface area contributed by atoms with E-state index in [1.807, 2.05) is 19.1 Å². The Hall–Kier alpha value is -3.02. The first kappa shape index (κ1) is 15.9. The number of fused-ring (bicyclic) bond motifs is 1. The van der Waals surface area contributed by atoms with E-state index < -0.39 is 12.0 Å². The van der Waals surface area contributed by atoms with Crippen LogP contribution in [0.1, 0.15) is 19.4 Å². The van der Waals surface area contributed by atoms with Crippen LogP contribution in [0.15, 0.2) is 53.6 Å². The van der Waals surface area contributed by atoms with Crippen LogP contribution in [-0.4, -0.2) is 27.6 Å². The highest BCUT2D eigenvalue weighted by Crippen LogP contribution is 2.23. The average Bonchev–Trinajstić information content (AvgIpc) is 2.64. The summed E-state index contributed by atoms with van der Waals surface area (Å²) in [5.41, 5.74) is 0.983. The molecular formula is C18H17N3O3. The van der Waals surface area contributed by atoms with E-state index in [1.165, 1.54) is 11.7 Å². The fraction of sp³-hybridized carbons (Fsp3) is 0.222. The molecule has 0 N–H and O–H groups in total. The van der Waals surface area contributed by atoms with E-state index in [9.17, 15) is 9.59 Å². The Kier molecular flexibility index (Phi) is 4.37. The molecular weight excluding hydrogens is 306 g/mol. The van der Waals surface area contributed by atoms with Gasteiger partial charge in [0, 0.05) is 18.0 Å². The van der Waals surface area contributed by atoms with Crippen molar-refractivity contribution >= 4 is 16.9 Å². The summed E-state index contributed by atoms with van der Waals surface area (Å²) in [6.45, 7) is 1.83. The number of aromatic nitrogens is 3. The molecule has 1 atom stereocenters. The summed E-state index contributed by atoms with van der Waals surface area (Å²) in [5, 5.41) is 0.465. The van der Waals surface area contributed by atoms with E-state index in [0.717, 1.165) is 0 Å². The molecule has 3 rings (SSSR count). The van der Waals surface area contributed by atoms with Gasteiger partial charge in [-0.15, -0.1) is 0 Å². The van der Waals surface area contributed by atoms with Crippen molar-refractivity contribution in [2.45, 2.75) is 19.4 Å². The SMILES string of the molecule is CCC(C(=O)OC)n1c(-c2cccnc2)nc2ccccc2c1=O. The second-order valence-corrected chi connectivity index (χ2v) is 5.32. The summed E-state index contributed by atoms with van der Waals surface area (Å²) < 4.78 is 6.28. The highest BCUT2D eigenvalue weighted by atomic mass is 16.5. The van der Waals surface area contributed by atoms with Crippen LogP contribution in [-0.2, 0) is 9.53 Å². The van der Waals surface area contributed by atoms with E-state index in [1.54, 1.807) is 36.7 Å². The lowest BCUT2D eigenvalue weighted by molar-refractivity contribution is -0.144. The zero-order valence-electron chi connectivity index (χ0n) is 13.5. The minimum atomic E-state index is -0.741. The zero-order valence-corrected chi connectivity index (χ0v) is 13.5. The Labute approximate surface area is 138 Å². The second kappa shape index (κ2) is 6.62. The smallest absolute Gasteiger partial charge is 0.329 e. The molecule has 0 bridgehead atoms. The van der Waals surface area contributed by atoms with Crippen molar-refractivity contribution < 1.29 is 9.53 Å². The largest absolute Gasteiger partial charge is 0.467 e. The van der Waals surface area contributed by atoms with Crippen molar-refractivity contribution in [2.24, 2.45) is 0 Å². The first-order chi connectivity index (χ1) is 11.7. The van der Waals surface area contributed by atoms with Gasteiger partial charge in [-0.25, -0.2) is 9.78 Å². The van der Waals surface area contributed by atoms with Crippen molar-refractivity contribution in [2.75, 3.05) is 7.11 Å². The number of nitrogens with zero attached hydrogens (tertiary/aromatic N) is 3. The van der Waals surface area contributed by atoms with Gasteiger partial charge in [0.2, 0.25) is 0 Å². The predicted octanol–water partition coefficient (Wildman–Crippen LogP) is 2.58. The van der Waals surface area contributed by atoms with Crippen molar-refractivity contribution in [1.29, 1.82) is 0 Å². The molecule has 122 valence electrons. The highest BCUT2D eigenvalue weighted by molar-refractivity contribution is 5.81. The summed E-state index contributed by atoms with van der Waals surface area (Å²) in [5.74, 6) is -0.0640. The van der Waals surface area contributed by atoms with Gasteiger partial charge >= 0.3 is 5.97 Å². The van der Waals surface area contributed by atoms with Crippen molar-refractivity contribution in [3.05, 3.63) is 59.1 Å². The van der Waals surface area contributed by atoms with Gasteiger partial charge in [-0.2, -0.15) is 0 Å². The summed E-state index contributed by atoms with van der Waals surface area (Å²) >= 11 is 0. The first-order valence-electron chi connectivity index (χ1n) is 7.67. The number of rotatable bonds is 4. The lowest BCUT2D eigenvalue weighted by Crippen LogP contribution is -2.32. The number of carbonyl (C=O) groups excluding carboxylic acids is 1. The fourth-order valence-corrected chi connectivity index (χ4v) is 2.72. The quantitative estimate of drug-likeness (QED) is 0.690. The van der Waals surface area contributed by atoms with E-state index in [0.29, 0.717) is 28.7 Å². The number of benzene rings is 1. The number of pyridine rings is 1. The molecule has 3 aromatic rings. The molecule has 0 aliphatic heterocycles. The normalized spacial score (nSPS) is 12.1. The maximum absolute atomic E-state index is 13.0. The Morgan fingerprint density at radius 1 is 1.25 bits per heavy atom. The molecule has 0 amide bonds. The molecule has 1 aromatic carbocycles. The maximum atomic E-state index is 13.0.